The minimum Gasteiger partial charge on any atom is -0.352 e. The fourth-order valence-corrected chi connectivity index (χ4v) is 1.73. The molecule has 0 atom stereocenters. The quantitative estimate of drug-likeness (QED) is 0.859. The first kappa shape index (κ1) is 12.1. The molecule has 0 saturated heterocycles. The molecule has 0 aliphatic rings. The molecule has 2 nitrogen and oxygen atoms in total. The topological polar surface area (TPSA) is 35.8 Å². The van der Waals surface area contributed by atoms with Crippen LogP contribution in [0.1, 0.15) is 16.7 Å². The number of hydrogen-bond acceptors (Lipinski definition) is 2. The summed E-state index contributed by atoms with van der Waals surface area (Å²) in [5.41, 5.74) is 3.37. The molecule has 3 heteroatoms. The number of nitriles is 1. The summed E-state index contributed by atoms with van der Waals surface area (Å²) in [5.74, 6) is -0.320. The lowest BCUT2D eigenvalue weighted by molar-refractivity contribution is 0.630. The SMILES string of the molecule is Cc1ccc(Nc2ccc(C)cc2C#N)c(F)c1. The zero-order valence-corrected chi connectivity index (χ0v) is 10.3. The average molecular weight is 240 g/mol. The van der Waals surface area contributed by atoms with E-state index in [4.69, 9.17) is 5.26 Å². The van der Waals surface area contributed by atoms with Crippen LogP contribution in [-0.4, -0.2) is 0 Å². The molecule has 2 aromatic carbocycles. The Morgan fingerprint density at radius 2 is 1.61 bits per heavy atom. The second kappa shape index (κ2) is 4.89. The normalized spacial score (nSPS) is 9.89. The van der Waals surface area contributed by atoms with Gasteiger partial charge in [0, 0.05) is 0 Å². The molecule has 90 valence electrons. The third kappa shape index (κ3) is 2.49. The minimum absolute atomic E-state index is 0.320. The summed E-state index contributed by atoms with van der Waals surface area (Å²) in [6.45, 7) is 3.75. The highest BCUT2D eigenvalue weighted by molar-refractivity contribution is 5.67. The lowest BCUT2D eigenvalue weighted by Gasteiger charge is -2.10. The predicted molar refractivity (Wildman–Crippen MR) is 70.3 cm³/mol. The third-order valence-electron chi connectivity index (χ3n) is 2.69. The van der Waals surface area contributed by atoms with Gasteiger partial charge >= 0.3 is 0 Å². The lowest BCUT2D eigenvalue weighted by Crippen LogP contribution is -1.97. The fraction of sp³-hybridized carbons (Fsp3) is 0.133. The molecule has 0 aliphatic heterocycles. The van der Waals surface area contributed by atoms with Gasteiger partial charge in [-0.15, -0.1) is 0 Å². The van der Waals surface area contributed by atoms with Crippen LogP contribution in [0.25, 0.3) is 0 Å². The molecule has 18 heavy (non-hydrogen) atoms. The van der Waals surface area contributed by atoms with Crippen LogP contribution < -0.4 is 5.32 Å². The van der Waals surface area contributed by atoms with Crippen LogP contribution >= 0.6 is 0 Å². The molecule has 0 fully saturated rings. The fourth-order valence-electron chi connectivity index (χ4n) is 1.73. The van der Waals surface area contributed by atoms with E-state index in [0.717, 1.165) is 11.1 Å². The van der Waals surface area contributed by atoms with Gasteiger partial charge in [-0.3, -0.25) is 0 Å². The van der Waals surface area contributed by atoms with Crippen molar-refractivity contribution in [2.75, 3.05) is 5.32 Å². The first-order valence-electron chi connectivity index (χ1n) is 5.64. The molecule has 0 aromatic heterocycles. The van der Waals surface area contributed by atoms with Gasteiger partial charge < -0.3 is 5.32 Å². The smallest absolute Gasteiger partial charge is 0.146 e. The molecule has 0 spiro atoms. The highest BCUT2D eigenvalue weighted by Crippen LogP contribution is 2.24. The van der Waals surface area contributed by atoms with E-state index in [9.17, 15) is 4.39 Å². The molecule has 0 saturated carbocycles. The Bertz CT molecular complexity index is 627. The summed E-state index contributed by atoms with van der Waals surface area (Å²) in [6.07, 6.45) is 0. The maximum absolute atomic E-state index is 13.7. The second-order valence-electron chi connectivity index (χ2n) is 4.27. The number of nitrogens with zero attached hydrogens (tertiary/aromatic N) is 1. The van der Waals surface area contributed by atoms with Gasteiger partial charge in [0.1, 0.15) is 11.9 Å². The van der Waals surface area contributed by atoms with E-state index in [1.807, 2.05) is 26.0 Å². The van der Waals surface area contributed by atoms with Crippen LogP contribution in [0.4, 0.5) is 15.8 Å². The van der Waals surface area contributed by atoms with E-state index < -0.39 is 0 Å². The van der Waals surface area contributed by atoms with Crippen molar-refractivity contribution in [1.29, 1.82) is 5.26 Å². The van der Waals surface area contributed by atoms with Gasteiger partial charge in [0.25, 0.3) is 0 Å². The van der Waals surface area contributed by atoms with Crippen LogP contribution in [0.3, 0.4) is 0 Å². The summed E-state index contributed by atoms with van der Waals surface area (Å²) in [4.78, 5) is 0. The highest BCUT2D eigenvalue weighted by Gasteiger charge is 2.06. The maximum Gasteiger partial charge on any atom is 0.146 e. The lowest BCUT2D eigenvalue weighted by atomic mass is 10.1. The molecule has 0 bridgehead atoms. The number of rotatable bonds is 2. The third-order valence-corrected chi connectivity index (χ3v) is 2.69. The van der Waals surface area contributed by atoms with Crippen molar-refractivity contribution in [3.05, 3.63) is 58.9 Å². The van der Waals surface area contributed by atoms with E-state index in [-0.39, 0.29) is 5.82 Å². The Labute approximate surface area is 106 Å². The number of hydrogen-bond donors (Lipinski definition) is 1. The van der Waals surface area contributed by atoms with E-state index in [1.54, 1.807) is 18.2 Å². The van der Waals surface area contributed by atoms with Crippen LogP contribution in [0.5, 0.6) is 0 Å². The Hall–Kier alpha value is -2.34. The molecule has 0 unspecified atom stereocenters. The van der Waals surface area contributed by atoms with Crippen molar-refractivity contribution in [2.45, 2.75) is 13.8 Å². The molecular weight excluding hydrogens is 227 g/mol. The van der Waals surface area contributed by atoms with E-state index in [2.05, 4.69) is 11.4 Å². The van der Waals surface area contributed by atoms with Crippen molar-refractivity contribution in [3.8, 4) is 6.07 Å². The molecule has 2 rings (SSSR count). The van der Waals surface area contributed by atoms with Crippen molar-refractivity contribution < 1.29 is 4.39 Å². The molecule has 0 heterocycles. The Morgan fingerprint density at radius 1 is 1.00 bits per heavy atom. The number of anilines is 2. The first-order valence-corrected chi connectivity index (χ1v) is 5.64. The van der Waals surface area contributed by atoms with Gasteiger partial charge in [-0.1, -0.05) is 12.1 Å². The van der Waals surface area contributed by atoms with Crippen LogP contribution in [0.2, 0.25) is 0 Å². The summed E-state index contributed by atoms with van der Waals surface area (Å²) in [7, 11) is 0. The van der Waals surface area contributed by atoms with Gasteiger partial charge in [-0.2, -0.15) is 5.26 Å². The number of aryl methyl sites for hydroxylation is 2. The molecule has 0 radical (unpaired) electrons. The molecule has 0 aliphatic carbocycles. The Morgan fingerprint density at radius 3 is 2.22 bits per heavy atom. The summed E-state index contributed by atoms with van der Waals surface area (Å²) >= 11 is 0. The van der Waals surface area contributed by atoms with E-state index in [1.165, 1.54) is 6.07 Å². The van der Waals surface area contributed by atoms with Gasteiger partial charge in [-0.25, -0.2) is 4.39 Å². The Balaban J connectivity index is 2.37. The van der Waals surface area contributed by atoms with Crippen molar-refractivity contribution in [2.24, 2.45) is 0 Å². The first-order chi connectivity index (χ1) is 8.60. The van der Waals surface area contributed by atoms with Crippen molar-refractivity contribution in [3.63, 3.8) is 0 Å². The molecular formula is C15H13FN2. The standard InChI is InChI=1S/C15H13FN2/c1-10-3-5-14(12(7-10)9-17)18-15-6-4-11(2)8-13(15)16/h3-8,18H,1-2H3. The van der Waals surface area contributed by atoms with E-state index in [0.29, 0.717) is 16.9 Å². The van der Waals surface area contributed by atoms with Crippen LogP contribution in [0.15, 0.2) is 36.4 Å². The largest absolute Gasteiger partial charge is 0.352 e. The number of nitrogens with one attached hydrogen (secondary N) is 1. The van der Waals surface area contributed by atoms with Crippen LogP contribution in [0, 0.1) is 31.0 Å². The van der Waals surface area contributed by atoms with Gasteiger partial charge in [0.05, 0.1) is 16.9 Å². The van der Waals surface area contributed by atoms with Crippen LogP contribution in [-0.2, 0) is 0 Å². The molecule has 2 aromatic rings. The average Bonchev–Trinajstić information content (AvgIpc) is 2.34. The van der Waals surface area contributed by atoms with Gasteiger partial charge in [-0.05, 0) is 49.2 Å². The van der Waals surface area contributed by atoms with Crippen molar-refractivity contribution in [1.82, 2.24) is 0 Å². The summed E-state index contributed by atoms with van der Waals surface area (Å²) in [6, 6.07) is 12.5. The minimum atomic E-state index is -0.320. The maximum atomic E-state index is 13.7. The number of benzene rings is 2. The van der Waals surface area contributed by atoms with Gasteiger partial charge in [0.2, 0.25) is 0 Å². The highest BCUT2D eigenvalue weighted by atomic mass is 19.1. The zero-order chi connectivity index (χ0) is 13.1. The molecule has 0 amide bonds. The summed E-state index contributed by atoms with van der Waals surface area (Å²) in [5, 5.41) is 12.0. The number of halogens is 1. The van der Waals surface area contributed by atoms with E-state index >= 15 is 0 Å². The summed E-state index contributed by atoms with van der Waals surface area (Å²) < 4.78 is 13.7. The second-order valence-corrected chi connectivity index (χ2v) is 4.27. The zero-order valence-electron chi connectivity index (χ0n) is 10.3. The predicted octanol–water partition coefficient (Wildman–Crippen LogP) is 4.06. The van der Waals surface area contributed by atoms with Gasteiger partial charge in [0.15, 0.2) is 0 Å². The molecule has 1 N–H and O–H groups in total. The monoisotopic (exact) mass is 240 g/mol. The Kier molecular flexibility index (Phi) is 3.29. The van der Waals surface area contributed by atoms with Crippen molar-refractivity contribution >= 4 is 11.4 Å².